The summed E-state index contributed by atoms with van der Waals surface area (Å²) in [7, 11) is 0. The lowest BCUT2D eigenvalue weighted by Gasteiger charge is -2.15. The molecule has 0 spiro atoms. The fourth-order valence-corrected chi connectivity index (χ4v) is 2.26. The Kier molecular flexibility index (Phi) is 7.12. The van der Waals surface area contributed by atoms with E-state index < -0.39 is 0 Å². The van der Waals surface area contributed by atoms with Gasteiger partial charge in [0.25, 0.3) is 0 Å². The summed E-state index contributed by atoms with van der Waals surface area (Å²) in [5.41, 5.74) is 1.14. The number of hydrogen-bond donors (Lipinski definition) is 2. The van der Waals surface area contributed by atoms with E-state index >= 15 is 0 Å². The molecule has 2 nitrogen and oxygen atoms in total. The Morgan fingerprint density at radius 3 is 2.82 bits per heavy atom. The highest BCUT2D eigenvalue weighted by Crippen LogP contribution is 2.21. The van der Waals surface area contributed by atoms with E-state index in [1.165, 1.54) is 6.42 Å². The third kappa shape index (κ3) is 5.87. The van der Waals surface area contributed by atoms with E-state index in [4.69, 9.17) is 11.6 Å². The van der Waals surface area contributed by atoms with Gasteiger partial charge in [-0.1, -0.05) is 40.5 Å². The molecule has 0 saturated carbocycles. The number of rotatable bonds is 7. The maximum absolute atomic E-state index is 6.15. The van der Waals surface area contributed by atoms with E-state index in [1.807, 2.05) is 18.2 Å². The van der Waals surface area contributed by atoms with Crippen molar-refractivity contribution in [3.63, 3.8) is 0 Å². The second kappa shape index (κ2) is 8.09. The molecule has 1 aromatic carbocycles. The first-order valence-electron chi connectivity index (χ1n) is 6.01. The van der Waals surface area contributed by atoms with Crippen LogP contribution in [0.2, 0.25) is 5.02 Å². The Balaban J connectivity index is 2.34. The molecule has 0 aliphatic carbocycles. The van der Waals surface area contributed by atoms with E-state index in [2.05, 4.69) is 40.4 Å². The maximum Gasteiger partial charge on any atom is 0.0462 e. The van der Waals surface area contributed by atoms with Crippen LogP contribution in [-0.2, 0) is 6.54 Å². The molecule has 0 saturated heterocycles. The van der Waals surface area contributed by atoms with E-state index in [9.17, 15) is 0 Å². The van der Waals surface area contributed by atoms with Crippen molar-refractivity contribution in [2.45, 2.75) is 32.9 Å². The molecule has 2 N–H and O–H groups in total. The van der Waals surface area contributed by atoms with Gasteiger partial charge in [-0.25, -0.2) is 0 Å². The van der Waals surface area contributed by atoms with Crippen LogP contribution in [0.4, 0.5) is 0 Å². The number of hydrogen-bond acceptors (Lipinski definition) is 2. The van der Waals surface area contributed by atoms with E-state index in [-0.39, 0.29) is 0 Å². The second-order valence-electron chi connectivity index (χ2n) is 4.22. The van der Waals surface area contributed by atoms with Gasteiger partial charge in [0.15, 0.2) is 0 Å². The van der Waals surface area contributed by atoms with Gasteiger partial charge in [0.1, 0.15) is 0 Å². The number of nitrogens with one attached hydrogen (secondary N) is 2. The summed E-state index contributed by atoms with van der Waals surface area (Å²) < 4.78 is 1.02. The first-order chi connectivity index (χ1) is 8.13. The lowest BCUT2D eigenvalue weighted by Crippen LogP contribution is -2.36. The molecule has 0 bridgehead atoms. The fraction of sp³-hybridized carbons (Fsp3) is 0.538. The minimum absolute atomic E-state index is 0.446. The molecule has 96 valence electrons. The fourth-order valence-electron chi connectivity index (χ4n) is 1.52. The topological polar surface area (TPSA) is 24.1 Å². The number of halogens is 2. The van der Waals surface area contributed by atoms with Crippen LogP contribution in [0.3, 0.4) is 0 Å². The molecule has 1 rings (SSSR count). The van der Waals surface area contributed by atoms with Crippen LogP contribution in [0.5, 0.6) is 0 Å². The van der Waals surface area contributed by atoms with Crippen molar-refractivity contribution in [3.8, 4) is 0 Å². The van der Waals surface area contributed by atoms with E-state index in [1.54, 1.807) is 0 Å². The average Bonchev–Trinajstić information content (AvgIpc) is 2.28. The van der Waals surface area contributed by atoms with Crippen LogP contribution in [0.15, 0.2) is 22.7 Å². The Hall–Kier alpha value is -0.0900. The SMILES string of the molecule is CCCNCC(C)NCc1ccc(Br)cc1Cl. The second-order valence-corrected chi connectivity index (χ2v) is 5.54. The highest BCUT2D eigenvalue weighted by molar-refractivity contribution is 9.10. The van der Waals surface area contributed by atoms with Crippen LogP contribution in [-0.4, -0.2) is 19.1 Å². The number of benzene rings is 1. The predicted molar refractivity (Wildman–Crippen MR) is 78.6 cm³/mol. The molecule has 1 unspecified atom stereocenters. The molecular formula is C13H20BrClN2. The Morgan fingerprint density at radius 1 is 1.41 bits per heavy atom. The molecule has 0 fully saturated rings. The first kappa shape index (κ1) is 15.0. The van der Waals surface area contributed by atoms with Crippen LogP contribution in [0.25, 0.3) is 0 Å². The van der Waals surface area contributed by atoms with Crippen molar-refractivity contribution < 1.29 is 0 Å². The largest absolute Gasteiger partial charge is 0.315 e. The molecule has 1 aromatic rings. The standard InChI is InChI=1S/C13H20BrClN2/c1-3-6-16-8-10(2)17-9-11-4-5-12(14)7-13(11)15/h4-5,7,10,16-17H,3,6,8-9H2,1-2H3. The van der Waals surface area contributed by atoms with Gasteiger partial charge in [0, 0.05) is 28.6 Å². The summed E-state index contributed by atoms with van der Waals surface area (Å²) in [6.45, 7) is 7.22. The third-order valence-electron chi connectivity index (χ3n) is 2.53. The summed E-state index contributed by atoms with van der Waals surface area (Å²) in [6, 6.07) is 6.44. The van der Waals surface area contributed by atoms with E-state index in [0.29, 0.717) is 6.04 Å². The lowest BCUT2D eigenvalue weighted by molar-refractivity contribution is 0.501. The molecule has 0 aliphatic rings. The Morgan fingerprint density at radius 2 is 2.18 bits per heavy atom. The van der Waals surface area contributed by atoms with Crippen molar-refractivity contribution in [1.82, 2.24) is 10.6 Å². The van der Waals surface area contributed by atoms with Gasteiger partial charge in [0.05, 0.1) is 0 Å². The van der Waals surface area contributed by atoms with Crippen molar-refractivity contribution >= 4 is 27.5 Å². The molecule has 0 aromatic heterocycles. The van der Waals surface area contributed by atoms with Crippen molar-refractivity contribution in [2.24, 2.45) is 0 Å². The van der Waals surface area contributed by atoms with E-state index in [0.717, 1.165) is 34.7 Å². The van der Waals surface area contributed by atoms with Gasteiger partial charge < -0.3 is 10.6 Å². The molecule has 0 amide bonds. The molecule has 0 radical (unpaired) electrons. The predicted octanol–water partition coefficient (Wildman–Crippen LogP) is 3.58. The quantitative estimate of drug-likeness (QED) is 0.751. The zero-order valence-corrected chi connectivity index (χ0v) is 12.7. The summed E-state index contributed by atoms with van der Waals surface area (Å²) in [4.78, 5) is 0. The molecule has 0 heterocycles. The summed E-state index contributed by atoms with van der Waals surface area (Å²) >= 11 is 9.56. The lowest BCUT2D eigenvalue weighted by atomic mass is 10.2. The van der Waals surface area contributed by atoms with Crippen molar-refractivity contribution in [3.05, 3.63) is 33.3 Å². The van der Waals surface area contributed by atoms with Gasteiger partial charge in [-0.2, -0.15) is 0 Å². The third-order valence-corrected chi connectivity index (χ3v) is 3.38. The van der Waals surface area contributed by atoms with Crippen LogP contribution in [0, 0.1) is 0 Å². The minimum Gasteiger partial charge on any atom is -0.315 e. The Labute approximate surface area is 117 Å². The highest BCUT2D eigenvalue weighted by Gasteiger charge is 2.04. The summed E-state index contributed by atoms with van der Waals surface area (Å²) in [5, 5.41) is 7.65. The average molecular weight is 320 g/mol. The monoisotopic (exact) mass is 318 g/mol. The summed E-state index contributed by atoms with van der Waals surface area (Å²) in [6.07, 6.45) is 1.17. The zero-order chi connectivity index (χ0) is 12.7. The smallest absolute Gasteiger partial charge is 0.0462 e. The molecule has 17 heavy (non-hydrogen) atoms. The van der Waals surface area contributed by atoms with Gasteiger partial charge in [-0.05, 0) is 37.6 Å². The summed E-state index contributed by atoms with van der Waals surface area (Å²) in [5.74, 6) is 0. The van der Waals surface area contributed by atoms with Crippen molar-refractivity contribution in [2.75, 3.05) is 13.1 Å². The molecular weight excluding hydrogens is 300 g/mol. The normalized spacial score (nSPS) is 12.7. The molecule has 1 atom stereocenters. The van der Waals surface area contributed by atoms with Crippen LogP contribution < -0.4 is 10.6 Å². The van der Waals surface area contributed by atoms with Crippen LogP contribution in [0.1, 0.15) is 25.8 Å². The van der Waals surface area contributed by atoms with Crippen molar-refractivity contribution in [1.29, 1.82) is 0 Å². The van der Waals surface area contributed by atoms with Gasteiger partial charge in [-0.3, -0.25) is 0 Å². The van der Waals surface area contributed by atoms with Gasteiger partial charge >= 0.3 is 0 Å². The van der Waals surface area contributed by atoms with Crippen LogP contribution >= 0.6 is 27.5 Å². The Bertz CT molecular complexity index is 344. The zero-order valence-electron chi connectivity index (χ0n) is 10.4. The molecule has 4 heteroatoms. The minimum atomic E-state index is 0.446. The van der Waals surface area contributed by atoms with Gasteiger partial charge in [-0.15, -0.1) is 0 Å². The first-order valence-corrected chi connectivity index (χ1v) is 7.18. The highest BCUT2D eigenvalue weighted by atomic mass is 79.9. The molecule has 0 aliphatic heterocycles. The maximum atomic E-state index is 6.15. The van der Waals surface area contributed by atoms with Gasteiger partial charge in [0.2, 0.25) is 0 Å².